The molecule has 0 saturated heterocycles. The van der Waals surface area contributed by atoms with E-state index in [-0.39, 0.29) is 6.10 Å². The number of hydrogen-bond acceptors (Lipinski definition) is 2. The van der Waals surface area contributed by atoms with Crippen molar-refractivity contribution in [2.45, 2.75) is 18.6 Å². The quantitative estimate of drug-likeness (QED) is 0.779. The Kier molecular flexibility index (Phi) is 3.83. The van der Waals surface area contributed by atoms with E-state index in [4.69, 9.17) is 39.5 Å². The molecule has 1 unspecified atom stereocenters. The minimum atomic E-state index is -0.658. The summed E-state index contributed by atoms with van der Waals surface area (Å²) in [6.07, 6.45) is -0.647. The largest absolute Gasteiger partial charge is 0.485 e. The fourth-order valence-corrected chi connectivity index (χ4v) is 3.23. The van der Waals surface area contributed by atoms with Gasteiger partial charge in [0.05, 0.1) is 6.10 Å². The van der Waals surface area contributed by atoms with E-state index in [9.17, 15) is 5.11 Å². The van der Waals surface area contributed by atoms with Crippen molar-refractivity contribution in [3.8, 4) is 5.75 Å². The normalized spacial score (nSPS) is 21.2. The van der Waals surface area contributed by atoms with E-state index in [0.717, 1.165) is 0 Å². The zero-order valence-corrected chi connectivity index (χ0v) is 12.6. The molecule has 0 radical (unpaired) electrons. The van der Waals surface area contributed by atoms with Gasteiger partial charge in [-0.1, -0.05) is 40.9 Å². The summed E-state index contributed by atoms with van der Waals surface area (Å²) < 4.78 is 5.92. The van der Waals surface area contributed by atoms with Gasteiger partial charge in [-0.25, -0.2) is 0 Å². The number of aliphatic hydroxyl groups excluding tert-OH is 1. The standard InChI is InChI=1S/C15H11Cl3O2/c16-8-4-5-13-9(6-8)12(19)7-14(20-13)15-10(17)2-1-3-11(15)18/h1-6,12,14,19H,7H2/t12-,14?/m1/s1. The lowest BCUT2D eigenvalue weighted by Gasteiger charge is -2.30. The Balaban J connectivity index is 2.01. The summed E-state index contributed by atoms with van der Waals surface area (Å²) >= 11 is 18.3. The molecule has 20 heavy (non-hydrogen) atoms. The topological polar surface area (TPSA) is 29.5 Å². The second-order valence-electron chi connectivity index (χ2n) is 4.68. The van der Waals surface area contributed by atoms with E-state index in [1.165, 1.54) is 0 Å². The van der Waals surface area contributed by atoms with Gasteiger partial charge in [-0.3, -0.25) is 0 Å². The molecule has 0 bridgehead atoms. The molecule has 0 spiro atoms. The molecular formula is C15H11Cl3O2. The van der Waals surface area contributed by atoms with Gasteiger partial charge in [0, 0.05) is 32.6 Å². The molecule has 0 fully saturated rings. The molecule has 3 rings (SSSR count). The van der Waals surface area contributed by atoms with Crippen LogP contribution in [0.15, 0.2) is 36.4 Å². The van der Waals surface area contributed by atoms with Crippen LogP contribution in [0.4, 0.5) is 0 Å². The van der Waals surface area contributed by atoms with Crippen molar-refractivity contribution < 1.29 is 9.84 Å². The van der Waals surface area contributed by atoms with E-state index in [1.54, 1.807) is 36.4 Å². The van der Waals surface area contributed by atoms with Crippen LogP contribution in [0, 0.1) is 0 Å². The summed E-state index contributed by atoms with van der Waals surface area (Å²) in [5.41, 5.74) is 1.40. The molecule has 1 heterocycles. The molecule has 1 aliphatic rings. The van der Waals surface area contributed by atoms with E-state index >= 15 is 0 Å². The molecule has 0 aromatic heterocycles. The lowest BCUT2D eigenvalue weighted by Crippen LogP contribution is -2.19. The smallest absolute Gasteiger partial charge is 0.129 e. The van der Waals surface area contributed by atoms with Crippen molar-refractivity contribution in [1.82, 2.24) is 0 Å². The van der Waals surface area contributed by atoms with Gasteiger partial charge in [0.1, 0.15) is 11.9 Å². The summed E-state index contributed by atoms with van der Waals surface area (Å²) in [6.45, 7) is 0. The summed E-state index contributed by atoms with van der Waals surface area (Å²) in [7, 11) is 0. The lowest BCUT2D eigenvalue weighted by atomic mass is 9.95. The Morgan fingerprint density at radius 3 is 2.45 bits per heavy atom. The number of benzene rings is 2. The van der Waals surface area contributed by atoms with Gasteiger partial charge in [-0.2, -0.15) is 0 Å². The molecule has 0 amide bonds. The van der Waals surface area contributed by atoms with Crippen LogP contribution in [-0.4, -0.2) is 5.11 Å². The molecule has 1 aliphatic heterocycles. The second-order valence-corrected chi connectivity index (χ2v) is 5.93. The van der Waals surface area contributed by atoms with Crippen LogP contribution in [-0.2, 0) is 0 Å². The van der Waals surface area contributed by atoms with Gasteiger partial charge in [0.25, 0.3) is 0 Å². The predicted molar refractivity (Wildman–Crippen MR) is 80.9 cm³/mol. The highest BCUT2D eigenvalue weighted by Crippen LogP contribution is 2.44. The summed E-state index contributed by atoms with van der Waals surface area (Å²) in [6, 6.07) is 10.5. The number of rotatable bonds is 1. The Hall–Kier alpha value is -0.930. The van der Waals surface area contributed by atoms with Crippen LogP contribution in [0.2, 0.25) is 15.1 Å². The molecule has 104 valence electrons. The van der Waals surface area contributed by atoms with Gasteiger partial charge in [-0.05, 0) is 30.3 Å². The third-order valence-corrected chi connectivity index (χ3v) is 4.25. The average molecular weight is 330 g/mol. The van der Waals surface area contributed by atoms with Gasteiger partial charge >= 0.3 is 0 Å². The first-order valence-electron chi connectivity index (χ1n) is 6.14. The maximum absolute atomic E-state index is 10.3. The first-order valence-corrected chi connectivity index (χ1v) is 7.27. The fourth-order valence-electron chi connectivity index (χ4n) is 2.41. The zero-order chi connectivity index (χ0) is 14.3. The van der Waals surface area contributed by atoms with Crippen LogP contribution >= 0.6 is 34.8 Å². The van der Waals surface area contributed by atoms with Gasteiger partial charge < -0.3 is 9.84 Å². The van der Waals surface area contributed by atoms with Crippen molar-refractivity contribution in [3.63, 3.8) is 0 Å². The van der Waals surface area contributed by atoms with Gasteiger partial charge in [0.2, 0.25) is 0 Å². The summed E-state index contributed by atoms with van der Waals surface area (Å²) in [4.78, 5) is 0. The molecule has 1 N–H and O–H groups in total. The van der Waals surface area contributed by atoms with E-state index < -0.39 is 6.10 Å². The highest BCUT2D eigenvalue weighted by atomic mass is 35.5. The van der Waals surface area contributed by atoms with E-state index in [1.807, 2.05) is 0 Å². The maximum Gasteiger partial charge on any atom is 0.129 e. The molecule has 0 saturated carbocycles. The Morgan fingerprint density at radius 1 is 1.05 bits per heavy atom. The number of ether oxygens (including phenoxy) is 1. The van der Waals surface area contributed by atoms with Crippen molar-refractivity contribution in [3.05, 3.63) is 62.6 Å². The monoisotopic (exact) mass is 328 g/mol. The van der Waals surface area contributed by atoms with Crippen molar-refractivity contribution in [2.75, 3.05) is 0 Å². The van der Waals surface area contributed by atoms with Crippen molar-refractivity contribution >= 4 is 34.8 Å². The molecule has 2 aromatic carbocycles. The maximum atomic E-state index is 10.3. The third-order valence-electron chi connectivity index (χ3n) is 3.36. The molecule has 2 atom stereocenters. The minimum absolute atomic E-state index is 0.375. The van der Waals surface area contributed by atoms with Crippen molar-refractivity contribution in [1.29, 1.82) is 0 Å². The molecule has 0 aliphatic carbocycles. The van der Waals surface area contributed by atoms with E-state index in [0.29, 0.717) is 38.4 Å². The number of hydrogen-bond donors (Lipinski definition) is 1. The van der Waals surface area contributed by atoms with Gasteiger partial charge in [-0.15, -0.1) is 0 Å². The predicted octanol–water partition coefficient (Wildman–Crippen LogP) is 5.20. The van der Waals surface area contributed by atoms with Crippen LogP contribution in [0.5, 0.6) is 5.75 Å². The van der Waals surface area contributed by atoms with Crippen LogP contribution < -0.4 is 4.74 Å². The van der Waals surface area contributed by atoms with Gasteiger partial charge in [0.15, 0.2) is 0 Å². The SMILES string of the molecule is O[C@@H]1CC(c2c(Cl)cccc2Cl)Oc2ccc(Cl)cc21. The fraction of sp³-hybridized carbons (Fsp3) is 0.200. The zero-order valence-electron chi connectivity index (χ0n) is 10.3. The summed E-state index contributed by atoms with van der Waals surface area (Å²) in [5, 5.41) is 11.9. The molecular weight excluding hydrogens is 319 g/mol. The molecule has 2 aromatic rings. The number of aliphatic hydroxyl groups is 1. The number of halogens is 3. The van der Waals surface area contributed by atoms with Crippen LogP contribution in [0.25, 0.3) is 0 Å². The molecule has 5 heteroatoms. The lowest BCUT2D eigenvalue weighted by molar-refractivity contribution is 0.0658. The minimum Gasteiger partial charge on any atom is -0.485 e. The first-order chi connectivity index (χ1) is 9.56. The van der Waals surface area contributed by atoms with Crippen LogP contribution in [0.1, 0.15) is 29.8 Å². The second kappa shape index (κ2) is 5.45. The van der Waals surface area contributed by atoms with Crippen molar-refractivity contribution in [2.24, 2.45) is 0 Å². The number of fused-ring (bicyclic) bond motifs is 1. The van der Waals surface area contributed by atoms with Crippen LogP contribution in [0.3, 0.4) is 0 Å². The Bertz CT molecular complexity index is 637. The molecule has 2 nitrogen and oxygen atoms in total. The average Bonchev–Trinajstić information content (AvgIpc) is 2.39. The first kappa shape index (κ1) is 14.0. The highest BCUT2D eigenvalue weighted by Gasteiger charge is 2.30. The highest BCUT2D eigenvalue weighted by molar-refractivity contribution is 6.36. The Morgan fingerprint density at radius 2 is 1.75 bits per heavy atom. The Labute approximate surface area is 131 Å². The summed E-state index contributed by atoms with van der Waals surface area (Å²) in [5.74, 6) is 0.606. The third kappa shape index (κ3) is 2.49. The van der Waals surface area contributed by atoms with E-state index in [2.05, 4.69) is 0 Å².